The number of benzene rings is 2. The van der Waals surface area contributed by atoms with Crippen molar-refractivity contribution in [3.05, 3.63) is 69.2 Å². The molecule has 0 aliphatic rings. The lowest BCUT2D eigenvalue weighted by Gasteiger charge is -2.18. The minimum Gasteiger partial charge on any atom is -0.384 e. The fourth-order valence-electron chi connectivity index (χ4n) is 2.31. The van der Waals surface area contributed by atoms with E-state index in [-0.39, 0.29) is 6.04 Å². The summed E-state index contributed by atoms with van der Waals surface area (Å²) in [6.07, 6.45) is 0.924. The van der Waals surface area contributed by atoms with Crippen molar-refractivity contribution >= 4 is 23.2 Å². The molecule has 2 nitrogen and oxygen atoms in total. The Morgan fingerprint density at radius 1 is 1.00 bits per heavy atom. The number of hydrogen-bond acceptors (Lipinski definition) is 2. The Morgan fingerprint density at radius 2 is 1.67 bits per heavy atom. The molecule has 0 aromatic heterocycles. The Balaban J connectivity index is 2.22. The highest BCUT2D eigenvalue weighted by Gasteiger charge is 2.13. The molecule has 1 unspecified atom stereocenters. The summed E-state index contributed by atoms with van der Waals surface area (Å²) in [6.45, 7) is 0.738. The van der Waals surface area contributed by atoms with E-state index in [1.807, 2.05) is 25.2 Å². The van der Waals surface area contributed by atoms with Gasteiger partial charge < -0.3 is 10.1 Å². The molecule has 2 rings (SSSR count). The number of ether oxygens (including phenoxy) is 1. The van der Waals surface area contributed by atoms with Gasteiger partial charge in [-0.15, -0.1) is 0 Å². The van der Waals surface area contributed by atoms with Crippen molar-refractivity contribution in [1.82, 2.24) is 5.32 Å². The van der Waals surface area contributed by atoms with E-state index in [4.69, 9.17) is 27.9 Å². The highest BCUT2D eigenvalue weighted by atomic mass is 35.5. The molecule has 0 saturated heterocycles. The minimum absolute atomic E-state index is 0.0937. The Kier molecular flexibility index (Phi) is 6.07. The molecule has 1 N–H and O–H groups in total. The van der Waals surface area contributed by atoms with E-state index in [1.165, 1.54) is 11.1 Å². The number of hydrogen-bond donors (Lipinski definition) is 1. The molecule has 0 bridgehead atoms. The summed E-state index contributed by atoms with van der Waals surface area (Å²) >= 11 is 12.1. The fourth-order valence-corrected chi connectivity index (χ4v) is 2.62. The Hall–Kier alpha value is -1.06. The van der Waals surface area contributed by atoms with Crippen LogP contribution in [0.3, 0.4) is 0 Å². The van der Waals surface area contributed by atoms with Gasteiger partial charge in [-0.3, -0.25) is 0 Å². The van der Waals surface area contributed by atoms with Crippen molar-refractivity contribution in [3.63, 3.8) is 0 Å². The monoisotopic (exact) mass is 323 g/mol. The molecule has 21 heavy (non-hydrogen) atoms. The van der Waals surface area contributed by atoms with Crippen molar-refractivity contribution in [2.24, 2.45) is 0 Å². The first-order valence-corrected chi connectivity index (χ1v) is 7.61. The van der Waals surface area contributed by atoms with Crippen LogP contribution in [0.2, 0.25) is 10.0 Å². The molecule has 0 fully saturated rings. The summed E-state index contributed by atoms with van der Waals surface area (Å²) in [6, 6.07) is 14.4. The van der Waals surface area contributed by atoms with Gasteiger partial charge in [-0.1, -0.05) is 53.5 Å². The molecule has 2 aromatic carbocycles. The predicted molar refractivity (Wildman–Crippen MR) is 89.4 cm³/mol. The maximum Gasteiger partial charge on any atom is 0.0595 e. The first kappa shape index (κ1) is 16.3. The number of rotatable bonds is 6. The molecular formula is C17H19Cl2NO. The van der Waals surface area contributed by atoms with Gasteiger partial charge in [0.25, 0.3) is 0 Å². The third-order valence-corrected chi connectivity index (χ3v) is 4.21. The van der Waals surface area contributed by atoms with Crippen LogP contribution < -0.4 is 5.32 Å². The lowest BCUT2D eigenvalue weighted by atomic mass is 9.97. The summed E-state index contributed by atoms with van der Waals surface area (Å²) in [4.78, 5) is 0. The molecule has 1 atom stereocenters. The normalized spacial score (nSPS) is 12.4. The molecule has 0 heterocycles. The van der Waals surface area contributed by atoms with Gasteiger partial charge in [0.05, 0.1) is 22.7 Å². The molecule has 112 valence electrons. The molecule has 4 heteroatoms. The molecular weight excluding hydrogens is 305 g/mol. The quantitative estimate of drug-likeness (QED) is 0.845. The van der Waals surface area contributed by atoms with Gasteiger partial charge in [-0.2, -0.15) is 0 Å². The van der Waals surface area contributed by atoms with Crippen LogP contribution in [-0.4, -0.2) is 20.8 Å². The third kappa shape index (κ3) is 4.21. The fraction of sp³-hybridized carbons (Fsp3) is 0.294. The maximum atomic E-state index is 6.11. The predicted octanol–water partition coefficient (Wildman–Crippen LogP) is 4.49. The zero-order chi connectivity index (χ0) is 15.2. The van der Waals surface area contributed by atoms with Crippen LogP contribution >= 0.6 is 23.2 Å². The number of nitrogens with one attached hydrogen (secondary N) is 1. The zero-order valence-electron chi connectivity index (χ0n) is 12.2. The molecule has 0 spiro atoms. The summed E-state index contributed by atoms with van der Waals surface area (Å²) in [5, 5.41) is 4.47. The first-order chi connectivity index (χ1) is 10.2. The zero-order valence-corrected chi connectivity index (χ0v) is 13.7. The van der Waals surface area contributed by atoms with Crippen molar-refractivity contribution in [2.45, 2.75) is 12.5 Å². The van der Waals surface area contributed by atoms with Crippen LogP contribution in [0.15, 0.2) is 42.5 Å². The second kappa shape index (κ2) is 7.81. The lowest BCUT2D eigenvalue weighted by molar-refractivity contribution is 0.202. The van der Waals surface area contributed by atoms with E-state index in [9.17, 15) is 0 Å². The first-order valence-electron chi connectivity index (χ1n) is 6.85. The van der Waals surface area contributed by atoms with Gasteiger partial charge in [0.2, 0.25) is 0 Å². The Bertz CT molecular complexity index is 584. The summed E-state index contributed by atoms with van der Waals surface area (Å²) in [5.74, 6) is 0. The number of halogens is 2. The highest BCUT2D eigenvalue weighted by Crippen LogP contribution is 2.28. The van der Waals surface area contributed by atoms with Crippen molar-refractivity contribution in [3.8, 4) is 0 Å². The largest absolute Gasteiger partial charge is 0.384 e. The minimum atomic E-state index is 0.0937. The van der Waals surface area contributed by atoms with Gasteiger partial charge in [0.1, 0.15) is 0 Å². The van der Waals surface area contributed by atoms with Gasteiger partial charge in [0, 0.05) is 7.11 Å². The van der Waals surface area contributed by atoms with Gasteiger partial charge >= 0.3 is 0 Å². The van der Waals surface area contributed by atoms with Crippen LogP contribution in [0.5, 0.6) is 0 Å². The van der Waals surface area contributed by atoms with Gasteiger partial charge in [-0.25, -0.2) is 0 Å². The second-order valence-electron chi connectivity index (χ2n) is 4.88. The van der Waals surface area contributed by atoms with Crippen molar-refractivity contribution in [2.75, 3.05) is 20.8 Å². The van der Waals surface area contributed by atoms with Crippen LogP contribution in [0.25, 0.3) is 0 Å². The smallest absolute Gasteiger partial charge is 0.0595 e. The molecule has 0 aliphatic carbocycles. The Morgan fingerprint density at radius 3 is 2.24 bits per heavy atom. The molecule has 2 aromatic rings. The highest BCUT2D eigenvalue weighted by molar-refractivity contribution is 6.42. The van der Waals surface area contributed by atoms with Crippen LogP contribution in [0.1, 0.15) is 22.7 Å². The molecule has 0 radical (unpaired) electrons. The maximum absolute atomic E-state index is 6.11. The van der Waals surface area contributed by atoms with E-state index < -0.39 is 0 Å². The molecule has 0 aliphatic heterocycles. The molecule has 0 saturated carbocycles. The Labute approximate surface area is 136 Å². The summed E-state index contributed by atoms with van der Waals surface area (Å²) < 4.78 is 5.10. The number of methoxy groups -OCH3 is 1. The van der Waals surface area contributed by atoms with Gasteiger partial charge in [0.15, 0.2) is 0 Å². The average Bonchev–Trinajstić information content (AvgIpc) is 2.50. The lowest BCUT2D eigenvalue weighted by Crippen LogP contribution is -2.17. The molecule has 0 amide bonds. The topological polar surface area (TPSA) is 21.3 Å². The second-order valence-corrected chi connectivity index (χ2v) is 5.69. The third-order valence-electron chi connectivity index (χ3n) is 3.47. The van der Waals surface area contributed by atoms with E-state index in [0.29, 0.717) is 10.0 Å². The van der Waals surface area contributed by atoms with Crippen molar-refractivity contribution < 1.29 is 4.74 Å². The van der Waals surface area contributed by atoms with E-state index in [1.54, 1.807) is 7.11 Å². The van der Waals surface area contributed by atoms with Gasteiger partial charge in [-0.05, 0) is 42.3 Å². The average molecular weight is 324 g/mol. The summed E-state index contributed by atoms with van der Waals surface area (Å²) in [5.41, 5.74) is 3.55. The van der Waals surface area contributed by atoms with Crippen LogP contribution in [-0.2, 0) is 11.2 Å². The standard InChI is InChI=1S/C17H19Cl2NO/c1-20-17(14-7-8-15(18)16(19)11-14)13-5-3-12(4-6-13)9-10-21-2/h3-8,11,17,20H,9-10H2,1-2H3. The van der Waals surface area contributed by atoms with Crippen LogP contribution in [0.4, 0.5) is 0 Å². The van der Waals surface area contributed by atoms with Crippen molar-refractivity contribution in [1.29, 1.82) is 0 Å². The van der Waals surface area contributed by atoms with E-state index in [2.05, 4.69) is 29.6 Å². The van der Waals surface area contributed by atoms with E-state index in [0.717, 1.165) is 18.6 Å². The SMILES string of the molecule is CNC(c1ccc(CCOC)cc1)c1ccc(Cl)c(Cl)c1. The van der Waals surface area contributed by atoms with E-state index >= 15 is 0 Å². The summed E-state index contributed by atoms with van der Waals surface area (Å²) in [7, 11) is 3.65. The van der Waals surface area contributed by atoms with Crippen LogP contribution in [0, 0.1) is 0 Å².